The normalized spacial score (nSPS) is 16.1. The molecule has 0 spiro atoms. The van der Waals surface area contributed by atoms with Crippen LogP contribution >= 0.6 is 0 Å². The van der Waals surface area contributed by atoms with E-state index < -0.39 is 0 Å². The van der Waals surface area contributed by atoms with Crippen LogP contribution in [0.25, 0.3) is 17.1 Å². The molecular formula is C25H27N3O2. The van der Waals surface area contributed by atoms with Gasteiger partial charge in [-0.05, 0) is 54.4 Å². The number of rotatable bonds is 7. The molecule has 0 N–H and O–H groups in total. The van der Waals surface area contributed by atoms with Crippen molar-refractivity contribution in [3.8, 4) is 5.88 Å². The van der Waals surface area contributed by atoms with Gasteiger partial charge in [-0.3, -0.25) is 9.48 Å². The molecule has 5 rings (SSSR count). The van der Waals surface area contributed by atoms with E-state index in [1.54, 1.807) is 0 Å². The number of Topliss-reactive ketones (excluding diaryl/α,β-unsaturated/α-hetero) is 1. The fraction of sp³-hybridized carbons (Fsp3) is 0.400. The van der Waals surface area contributed by atoms with Gasteiger partial charge in [-0.2, -0.15) is 10.1 Å². The summed E-state index contributed by atoms with van der Waals surface area (Å²) in [4.78, 5) is 17.2. The molecule has 0 saturated heterocycles. The lowest BCUT2D eigenvalue weighted by molar-refractivity contribution is -0.121. The SMILES string of the molecule is Cc1cc(OCC(=O)CC(C)c2ccc3c(c2)C=CC3)nc2c1c(C1CC1)nn2C. The van der Waals surface area contributed by atoms with Gasteiger partial charge in [-0.25, -0.2) is 0 Å². The lowest BCUT2D eigenvalue weighted by atomic mass is 9.93. The maximum atomic E-state index is 12.6. The van der Waals surface area contributed by atoms with E-state index in [0.29, 0.717) is 18.2 Å². The van der Waals surface area contributed by atoms with Crippen LogP contribution in [0, 0.1) is 6.92 Å². The minimum Gasteiger partial charge on any atom is -0.470 e. The first-order valence-electron chi connectivity index (χ1n) is 10.8. The molecule has 0 radical (unpaired) electrons. The van der Waals surface area contributed by atoms with E-state index in [0.717, 1.165) is 28.7 Å². The van der Waals surface area contributed by atoms with E-state index in [-0.39, 0.29) is 18.3 Å². The second-order valence-electron chi connectivity index (χ2n) is 8.76. The Kier molecular flexibility index (Phi) is 4.69. The monoisotopic (exact) mass is 401 g/mol. The standard InChI is InChI=1S/C25H27N3O2/c1-15(19-10-7-17-5-4-6-20(17)13-19)11-21(29)14-30-22-12-16(2)23-24(18-8-9-18)27-28(3)25(23)26-22/h4,6-7,10,12-13,15,18H,5,8-9,11,14H2,1-3H3. The van der Waals surface area contributed by atoms with E-state index in [1.807, 2.05) is 17.8 Å². The summed E-state index contributed by atoms with van der Waals surface area (Å²) < 4.78 is 7.62. The minimum atomic E-state index is 0.0421. The quantitative estimate of drug-likeness (QED) is 0.567. The van der Waals surface area contributed by atoms with Gasteiger partial charge in [0.1, 0.15) is 6.61 Å². The van der Waals surface area contributed by atoms with Gasteiger partial charge in [0, 0.05) is 30.8 Å². The zero-order valence-electron chi connectivity index (χ0n) is 17.8. The topological polar surface area (TPSA) is 57.0 Å². The molecule has 1 saturated carbocycles. The molecule has 154 valence electrons. The van der Waals surface area contributed by atoms with Gasteiger partial charge < -0.3 is 4.74 Å². The van der Waals surface area contributed by atoms with Crippen LogP contribution in [-0.2, 0) is 18.3 Å². The fourth-order valence-electron chi connectivity index (χ4n) is 4.40. The Hall–Kier alpha value is -2.95. The molecule has 2 aliphatic rings. The van der Waals surface area contributed by atoms with Crippen LogP contribution in [0.5, 0.6) is 5.88 Å². The molecule has 0 aliphatic heterocycles. The van der Waals surface area contributed by atoms with Gasteiger partial charge in [0.2, 0.25) is 5.88 Å². The molecule has 1 fully saturated rings. The van der Waals surface area contributed by atoms with E-state index in [9.17, 15) is 4.79 Å². The number of pyridine rings is 1. The van der Waals surface area contributed by atoms with Crippen LogP contribution in [-0.4, -0.2) is 27.2 Å². The van der Waals surface area contributed by atoms with Crippen LogP contribution < -0.4 is 4.74 Å². The summed E-state index contributed by atoms with van der Waals surface area (Å²) in [5, 5.41) is 5.81. The van der Waals surface area contributed by atoms with E-state index in [4.69, 9.17) is 4.74 Å². The van der Waals surface area contributed by atoms with Crippen molar-refractivity contribution in [3.05, 3.63) is 58.3 Å². The Morgan fingerprint density at radius 2 is 2.13 bits per heavy atom. The number of benzene rings is 1. The number of ether oxygens (including phenoxy) is 1. The van der Waals surface area contributed by atoms with Gasteiger partial charge in [-0.1, -0.05) is 37.3 Å². The first-order valence-corrected chi connectivity index (χ1v) is 10.8. The number of allylic oxidation sites excluding steroid dienone is 1. The van der Waals surface area contributed by atoms with E-state index in [2.05, 4.69) is 54.3 Å². The highest BCUT2D eigenvalue weighted by Gasteiger charge is 2.30. The largest absolute Gasteiger partial charge is 0.470 e. The van der Waals surface area contributed by atoms with Crippen LogP contribution in [0.3, 0.4) is 0 Å². The molecule has 5 nitrogen and oxygen atoms in total. The third-order valence-electron chi connectivity index (χ3n) is 6.25. The number of nitrogens with zero attached hydrogens (tertiary/aromatic N) is 3. The van der Waals surface area contributed by atoms with Crippen LogP contribution in [0.15, 0.2) is 30.3 Å². The third-order valence-corrected chi connectivity index (χ3v) is 6.25. The number of carbonyl (C=O) groups excluding carboxylic acids is 1. The lowest BCUT2D eigenvalue weighted by Gasteiger charge is -2.13. The highest BCUT2D eigenvalue weighted by molar-refractivity contribution is 5.84. The molecule has 2 aromatic heterocycles. The van der Waals surface area contributed by atoms with Crippen molar-refractivity contribution in [2.75, 3.05) is 6.61 Å². The molecule has 2 heterocycles. The molecule has 3 aromatic rings. The average molecular weight is 402 g/mol. The number of hydrogen-bond acceptors (Lipinski definition) is 4. The molecular weight excluding hydrogens is 374 g/mol. The van der Waals surface area contributed by atoms with Crippen molar-refractivity contribution in [2.45, 2.75) is 51.4 Å². The second kappa shape index (κ2) is 7.38. The molecule has 5 heteroatoms. The first-order chi connectivity index (χ1) is 14.5. The summed E-state index contributed by atoms with van der Waals surface area (Å²) in [5.74, 6) is 1.31. The number of carbonyl (C=O) groups is 1. The van der Waals surface area contributed by atoms with Crippen molar-refractivity contribution in [2.24, 2.45) is 7.05 Å². The Labute approximate surface area is 176 Å². The van der Waals surface area contributed by atoms with Gasteiger partial charge in [-0.15, -0.1) is 0 Å². The van der Waals surface area contributed by atoms with Gasteiger partial charge >= 0.3 is 0 Å². The lowest BCUT2D eigenvalue weighted by Crippen LogP contribution is -2.14. The fourth-order valence-corrected chi connectivity index (χ4v) is 4.40. The number of aromatic nitrogens is 3. The highest BCUT2D eigenvalue weighted by atomic mass is 16.5. The molecule has 1 atom stereocenters. The van der Waals surface area contributed by atoms with Crippen molar-refractivity contribution < 1.29 is 9.53 Å². The van der Waals surface area contributed by atoms with Crippen molar-refractivity contribution in [1.29, 1.82) is 0 Å². The number of hydrogen-bond donors (Lipinski definition) is 0. The highest BCUT2D eigenvalue weighted by Crippen LogP contribution is 2.43. The van der Waals surface area contributed by atoms with E-state index >= 15 is 0 Å². The Morgan fingerprint density at radius 3 is 2.93 bits per heavy atom. The van der Waals surface area contributed by atoms with Crippen molar-refractivity contribution in [3.63, 3.8) is 0 Å². The van der Waals surface area contributed by atoms with Crippen molar-refractivity contribution >= 4 is 22.9 Å². The third kappa shape index (κ3) is 3.53. The Bertz CT molecular complexity index is 1170. The Balaban J connectivity index is 1.25. The summed E-state index contributed by atoms with van der Waals surface area (Å²) in [5.41, 5.74) is 6.93. The number of fused-ring (bicyclic) bond motifs is 2. The van der Waals surface area contributed by atoms with Gasteiger partial charge in [0.05, 0.1) is 5.69 Å². The maximum absolute atomic E-state index is 12.6. The van der Waals surface area contributed by atoms with Crippen LogP contribution in [0.1, 0.15) is 66.0 Å². The Morgan fingerprint density at radius 1 is 1.30 bits per heavy atom. The second-order valence-corrected chi connectivity index (χ2v) is 8.76. The summed E-state index contributed by atoms with van der Waals surface area (Å²) in [6, 6.07) is 8.45. The molecule has 0 amide bonds. The molecule has 2 aliphatic carbocycles. The van der Waals surface area contributed by atoms with Crippen LogP contribution in [0.2, 0.25) is 0 Å². The molecule has 0 bridgehead atoms. The predicted octanol–water partition coefficient (Wildman–Crippen LogP) is 4.87. The van der Waals surface area contributed by atoms with Crippen molar-refractivity contribution in [1.82, 2.24) is 14.8 Å². The average Bonchev–Trinajstić information content (AvgIpc) is 3.36. The minimum absolute atomic E-state index is 0.0421. The van der Waals surface area contributed by atoms with Crippen LogP contribution in [0.4, 0.5) is 0 Å². The summed E-state index contributed by atoms with van der Waals surface area (Å²) in [7, 11) is 1.92. The van der Waals surface area contributed by atoms with E-state index in [1.165, 1.54) is 29.5 Å². The zero-order chi connectivity index (χ0) is 20.8. The number of aryl methyl sites for hydroxylation is 2. The zero-order valence-corrected chi connectivity index (χ0v) is 17.8. The maximum Gasteiger partial charge on any atom is 0.215 e. The smallest absolute Gasteiger partial charge is 0.215 e. The summed E-state index contributed by atoms with van der Waals surface area (Å²) in [6.45, 7) is 4.21. The summed E-state index contributed by atoms with van der Waals surface area (Å²) >= 11 is 0. The van der Waals surface area contributed by atoms with Gasteiger partial charge in [0.25, 0.3) is 0 Å². The molecule has 1 unspecified atom stereocenters. The first kappa shape index (κ1) is 19.0. The summed E-state index contributed by atoms with van der Waals surface area (Å²) in [6.07, 6.45) is 8.22. The predicted molar refractivity (Wildman–Crippen MR) is 118 cm³/mol. The molecule has 30 heavy (non-hydrogen) atoms. The molecule has 1 aromatic carbocycles. The number of ketones is 1. The van der Waals surface area contributed by atoms with Gasteiger partial charge in [0.15, 0.2) is 11.4 Å².